The Labute approximate surface area is 150 Å². The summed E-state index contributed by atoms with van der Waals surface area (Å²) < 4.78 is 14.7. The predicted molar refractivity (Wildman–Crippen MR) is 92.0 cm³/mol. The number of methoxy groups -OCH3 is 1. The van der Waals surface area contributed by atoms with E-state index in [1.807, 2.05) is 6.92 Å². The van der Waals surface area contributed by atoms with E-state index in [-0.39, 0.29) is 5.56 Å². The molecule has 8 heteroatoms. The van der Waals surface area contributed by atoms with Crippen LogP contribution < -0.4 is 5.32 Å². The molecule has 1 amide bonds. The first-order valence-corrected chi connectivity index (χ1v) is 7.98. The second-order valence-corrected chi connectivity index (χ2v) is 5.56. The number of aromatic nitrogens is 1. The van der Waals surface area contributed by atoms with E-state index >= 15 is 0 Å². The van der Waals surface area contributed by atoms with Crippen molar-refractivity contribution in [3.63, 3.8) is 0 Å². The van der Waals surface area contributed by atoms with Crippen molar-refractivity contribution in [2.45, 2.75) is 27.2 Å². The molecule has 0 saturated carbocycles. The second kappa shape index (κ2) is 8.28. The highest BCUT2D eigenvalue weighted by Crippen LogP contribution is 2.18. The van der Waals surface area contributed by atoms with E-state index in [0.717, 1.165) is 5.56 Å². The van der Waals surface area contributed by atoms with Gasteiger partial charge in [-0.25, -0.2) is 9.59 Å². The molecule has 0 bridgehead atoms. The van der Waals surface area contributed by atoms with E-state index in [4.69, 9.17) is 9.26 Å². The van der Waals surface area contributed by atoms with Crippen LogP contribution >= 0.6 is 0 Å². The molecule has 0 aliphatic heterocycles. The molecule has 1 aromatic heterocycles. The van der Waals surface area contributed by atoms with Crippen LogP contribution in [0.2, 0.25) is 0 Å². The van der Waals surface area contributed by atoms with E-state index in [9.17, 15) is 14.4 Å². The van der Waals surface area contributed by atoms with Crippen LogP contribution in [-0.2, 0) is 20.7 Å². The first-order valence-electron chi connectivity index (χ1n) is 7.98. The number of rotatable bonds is 6. The topological polar surface area (TPSA) is 108 Å². The van der Waals surface area contributed by atoms with Gasteiger partial charge in [0.25, 0.3) is 5.91 Å². The van der Waals surface area contributed by atoms with Crippen LogP contribution in [0.25, 0.3) is 0 Å². The van der Waals surface area contributed by atoms with Gasteiger partial charge in [0.05, 0.1) is 18.4 Å². The van der Waals surface area contributed by atoms with Crippen LogP contribution in [0.5, 0.6) is 0 Å². The number of nitrogens with one attached hydrogen (secondary N) is 1. The molecule has 0 radical (unpaired) electrons. The molecule has 138 valence electrons. The Kier molecular flexibility index (Phi) is 6.11. The number of amides is 1. The minimum Gasteiger partial charge on any atom is -0.465 e. The summed E-state index contributed by atoms with van der Waals surface area (Å²) in [6.07, 6.45) is 0.507. The number of hydrogen-bond donors (Lipinski definition) is 1. The summed E-state index contributed by atoms with van der Waals surface area (Å²) in [6, 6.07) is 4.78. The molecular formula is C18H20N2O6. The lowest BCUT2D eigenvalue weighted by Gasteiger charge is -2.10. The highest BCUT2D eigenvalue weighted by molar-refractivity contribution is 5.98. The van der Waals surface area contributed by atoms with Crippen molar-refractivity contribution >= 4 is 23.5 Å². The minimum absolute atomic E-state index is 0.240. The third kappa shape index (κ3) is 4.27. The third-order valence-corrected chi connectivity index (χ3v) is 3.74. The molecule has 1 N–H and O–H groups in total. The van der Waals surface area contributed by atoms with Gasteiger partial charge in [-0.1, -0.05) is 18.1 Å². The first kappa shape index (κ1) is 19.2. The highest BCUT2D eigenvalue weighted by atomic mass is 16.5. The average molecular weight is 360 g/mol. The van der Waals surface area contributed by atoms with Gasteiger partial charge in [0.1, 0.15) is 11.3 Å². The van der Waals surface area contributed by atoms with Gasteiger partial charge in [0.2, 0.25) is 0 Å². The van der Waals surface area contributed by atoms with Gasteiger partial charge in [-0.15, -0.1) is 0 Å². The molecule has 0 unspecified atom stereocenters. The van der Waals surface area contributed by atoms with E-state index < -0.39 is 24.5 Å². The SMILES string of the molecule is CCc1noc(C)c1C(=O)OCC(=O)Nc1cc(C(=O)OC)ccc1C. The lowest BCUT2D eigenvalue weighted by atomic mass is 10.1. The van der Waals surface area contributed by atoms with E-state index in [1.54, 1.807) is 26.0 Å². The van der Waals surface area contributed by atoms with Gasteiger partial charge in [-0.05, 0) is 38.0 Å². The summed E-state index contributed by atoms with van der Waals surface area (Å²) in [5.74, 6) is -1.37. The van der Waals surface area contributed by atoms with Crippen LogP contribution in [0.1, 0.15) is 44.7 Å². The Hall–Kier alpha value is -3.16. The monoisotopic (exact) mass is 360 g/mol. The molecule has 2 aromatic rings. The number of carbonyl (C=O) groups is 3. The minimum atomic E-state index is -0.671. The molecule has 0 aliphatic carbocycles. The van der Waals surface area contributed by atoms with Crippen molar-refractivity contribution in [2.75, 3.05) is 19.0 Å². The number of benzene rings is 1. The largest absolute Gasteiger partial charge is 0.465 e. The summed E-state index contributed by atoms with van der Waals surface area (Å²) >= 11 is 0. The van der Waals surface area contributed by atoms with Crippen LogP contribution in [-0.4, -0.2) is 36.7 Å². The Morgan fingerprint density at radius 1 is 1.19 bits per heavy atom. The van der Waals surface area contributed by atoms with Crippen molar-refractivity contribution < 1.29 is 28.4 Å². The number of ether oxygens (including phenoxy) is 2. The molecule has 2 rings (SSSR count). The Morgan fingerprint density at radius 3 is 2.58 bits per heavy atom. The Balaban J connectivity index is 2.02. The van der Waals surface area contributed by atoms with Gasteiger partial charge >= 0.3 is 11.9 Å². The fourth-order valence-electron chi connectivity index (χ4n) is 2.31. The first-order chi connectivity index (χ1) is 12.4. The second-order valence-electron chi connectivity index (χ2n) is 5.56. The van der Waals surface area contributed by atoms with Gasteiger partial charge in [0.15, 0.2) is 6.61 Å². The van der Waals surface area contributed by atoms with Crippen molar-refractivity contribution in [2.24, 2.45) is 0 Å². The van der Waals surface area contributed by atoms with Crippen molar-refractivity contribution in [1.29, 1.82) is 0 Å². The number of aryl methyl sites for hydroxylation is 3. The van der Waals surface area contributed by atoms with Crippen molar-refractivity contribution in [3.8, 4) is 0 Å². The fraction of sp³-hybridized carbons (Fsp3) is 0.333. The Morgan fingerprint density at radius 2 is 1.92 bits per heavy atom. The summed E-state index contributed by atoms with van der Waals surface area (Å²) in [5, 5.41) is 6.39. The van der Waals surface area contributed by atoms with Crippen LogP contribution in [0.15, 0.2) is 22.7 Å². The summed E-state index contributed by atoms with van der Waals surface area (Å²) in [6.45, 7) is 4.73. The lowest BCUT2D eigenvalue weighted by molar-refractivity contribution is -0.119. The summed E-state index contributed by atoms with van der Waals surface area (Å²) in [4.78, 5) is 35.8. The standard InChI is InChI=1S/C18H20N2O6/c1-5-13-16(11(3)26-20-13)18(23)25-9-15(21)19-14-8-12(17(22)24-4)7-6-10(14)2/h6-8H,5,9H2,1-4H3,(H,19,21). The van der Waals surface area contributed by atoms with Crippen LogP contribution in [0.4, 0.5) is 5.69 Å². The zero-order valence-electron chi connectivity index (χ0n) is 15.0. The highest BCUT2D eigenvalue weighted by Gasteiger charge is 2.21. The van der Waals surface area contributed by atoms with E-state index in [0.29, 0.717) is 29.1 Å². The molecule has 0 spiro atoms. The average Bonchev–Trinajstić information content (AvgIpc) is 3.01. The summed E-state index contributed by atoms with van der Waals surface area (Å²) in [5.41, 5.74) is 2.21. The van der Waals surface area contributed by atoms with E-state index in [2.05, 4.69) is 15.2 Å². The van der Waals surface area contributed by atoms with Crippen LogP contribution in [0.3, 0.4) is 0 Å². The Bertz CT molecular complexity index is 840. The number of nitrogens with zero attached hydrogens (tertiary/aromatic N) is 1. The molecule has 1 heterocycles. The zero-order chi connectivity index (χ0) is 19.3. The van der Waals surface area contributed by atoms with Gasteiger partial charge in [-0.2, -0.15) is 0 Å². The molecule has 0 aliphatic rings. The van der Waals surface area contributed by atoms with Gasteiger partial charge in [-0.3, -0.25) is 4.79 Å². The number of carbonyl (C=O) groups excluding carboxylic acids is 3. The molecule has 0 fully saturated rings. The maximum Gasteiger partial charge on any atom is 0.344 e. The quantitative estimate of drug-likeness (QED) is 0.788. The zero-order valence-corrected chi connectivity index (χ0v) is 15.0. The smallest absolute Gasteiger partial charge is 0.344 e. The third-order valence-electron chi connectivity index (χ3n) is 3.74. The fourth-order valence-corrected chi connectivity index (χ4v) is 2.31. The van der Waals surface area contributed by atoms with Gasteiger partial charge in [0, 0.05) is 5.69 Å². The molecular weight excluding hydrogens is 340 g/mol. The molecule has 8 nitrogen and oxygen atoms in total. The number of esters is 2. The van der Waals surface area contributed by atoms with E-state index in [1.165, 1.54) is 13.2 Å². The predicted octanol–water partition coefficient (Wildman–Crippen LogP) is 2.44. The van der Waals surface area contributed by atoms with Crippen LogP contribution in [0, 0.1) is 13.8 Å². The number of hydrogen-bond acceptors (Lipinski definition) is 7. The van der Waals surface area contributed by atoms with Crippen molar-refractivity contribution in [1.82, 2.24) is 5.16 Å². The maximum absolute atomic E-state index is 12.1. The summed E-state index contributed by atoms with van der Waals surface area (Å²) in [7, 11) is 1.27. The van der Waals surface area contributed by atoms with Crippen molar-refractivity contribution in [3.05, 3.63) is 46.3 Å². The molecule has 1 aromatic carbocycles. The maximum atomic E-state index is 12.1. The van der Waals surface area contributed by atoms with Gasteiger partial charge < -0.3 is 19.3 Å². The molecule has 0 saturated heterocycles. The molecule has 26 heavy (non-hydrogen) atoms. The molecule has 0 atom stereocenters. The number of anilines is 1. The normalized spacial score (nSPS) is 10.3. The lowest BCUT2D eigenvalue weighted by Crippen LogP contribution is -2.22.